The first kappa shape index (κ1) is 17.5. The maximum Gasteiger partial charge on any atom is 0.338 e. The molecule has 0 saturated heterocycles. The number of fused-ring (bicyclic) bond motifs is 1. The van der Waals surface area contributed by atoms with E-state index >= 15 is 0 Å². The van der Waals surface area contributed by atoms with Gasteiger partial charge in [0.25, 0.3) is 0 Å². The number of amides is 1. The summed E-state index contributed by atoms with van der Waals surface area (Å²) in [4.78, 5) is 26.5. The fraction of sp³-hybridized carbons (Fsp3) is 0.300. The van der Waals surface area contributed by atoms with Crippen LogP contribution in [0.5, 0.6) is 0 Å². The lowest BCUT2D eigenvalue weighted by atomic mass is 9.95. The van der Waals surface area contributed by atoms with Crippen LogP contribution in [0.2, 0.25) is 5.02 Å². The highest BCUT2D eigenvalue weighted by Gasteiger charge is 2.26. The second kappa shape index (κ2) is 7.70. The van der Waals surface area contributed by atoms with E-state index in [4.69, 9.17) is 16.3 Å². The van der Waals surface area contributed by atoms with Crippen LogP contribution in [-0.4, -0.2) is 25.5 Å². The van der Waals surface area contributed by atoms with Crippen molar-refractivity contribution >= 4 is 29.2 Å². The Balaban J connectivity index is 1.77. The van der Waals surface area contributed by atoms with E-state index in [-0.39, 0.29) is 11.9 Å². The Bertz CT molecular complexity index is 786. The summed E-state index contributed by atoms with van der Waals surface area (Å²) in [5, 5.41) is 0.690. The summed E-state index contributed by atoms with van der Waals surface area (Å²) in [7, 11) is 1.37. The molecule has 0 bridgehead atoms. The summed E-state index contributed by atoms with van der Waals surface area (Å²) in [6, 6.07) is 13.0. The Hall–Kier alpha value is -2.33. The Labute approximate surface area is 152 Å². The van der Waals surface area contributed by atoms with Gasteiger partial charge in [0, 0.05) is 23.7 Å². The first-order valence-corrected chi connectivity index (χ1v) is 8.73. The van der Waals surface area contributed by atoms with Gasteiger partial charge in [0.15, 0.2) is 0 Å². The highest BCUT2D eigenvalue weighted by Crippen LogP contribution is 2.31. The summed E-state index contributed by atoms with van der Waals surface area (Å²) < 4.78 is 4.86. The van der Waals surface area contributed by atoms with Gasteiger partial charge in [0.2, 0.25) is 5.91 Å². The fourth-order valence-corrected chi connectivity index (χ4v) is 3.35. The number of carbonyl (C=O) groups excluding carboxylic acids is 2. The number of hydrogen-bond donors (Lipinski definition) is 0. The lowest BCUT2D eigenvalue weighted by molar-refractivity contribution is -0.118. The summed E-state index contributed by atoms with van der Waals surface area (Å²) in [6.45, 7) is 0.678. The van der Waals surface area contributed by atoms with Crippen LogP contribution >= 0.6 is 11.6 Å². The van der Waals surface area contributed by atoms with Crippen LogP contribution in [0.3, 0.4) is 0 Å². The Morgan fingerprint density at radius 1 is 1.16 bits per heavy atom. The monoisotopic (exact) mass is 357 g/mol. The smallest absolute Gasteiger partial charge is 0.338 e. The number of ether oxygens (including phenoxy) is 1. The molecule has 0 aliphatic carbocycles. The van der Waals surface area contributed by atoms with Crippen molar-refractivity contribution in [1.29, 1.82) is 0 Å². The molecule has 0 atom stereocenters. The third-order valence-electron chi connectivity index (χ3n) is 4.50. The summed E-state index contributed by atoms with van der Waals surface area (Å²) in [5.41, 5.74) is 3.36. The number of aryl methyl sites for hydroxylation is 1. The number of nitrogens with zero attached hydrogens (tertiary/aromatic N) is 1. The largest absolute Gasteiger partial charge is 0.465 e. The van der Waals surface area contributed by atoms with E-state index in [2.05, 4.69) is 0 Å². The molecule has 2 aromatic carbocycles. The molecule has 1 heterocycles. The number of carbonyl (C=O) groups is 2. The van der Waals surface area contributed by atoms with Crippen molar-refractivity contribution in [3.63, 3.8) is 0 Å². The van der Waals surface area contributed by atoms with E-state index in [0.717, 1.165) is 29.7 Å². The van der Waals surface area contributed by atoms with Crippen molar-refractivity contribution in [2.24, 2.45) is 0 Å². The van der Waals surface area contributed by atoms with Crippen molar-refractivity contribution in [1.82, 2.24) is 0 Å². The molecule has 0 fully saturated rings. The van der Waals surface area contributed by atoms with Crippen LogP contribution in [0.15, 0.2) is 42.5 Å². The number of rotatable bonds is 4. The average Bonchev–Trinajstić information content (AvgIpc) is 2.65. The van der Waals surface area contributed by atoms with Gasteiger partial charge in [0.05, 0.1) is 12.7 Å². The van der Waals surface area contributed by atoms with Gasteiger partial charge in [-0.3, -0.25) is 4.79 Å². The molecule has 0 radical (unpaired) electrons. The normalized spacial score (nSPS) is 13.3. The number of hydrogen-bond acceptors (Lipinski definition) is 3. The van der Waals surface area contributed by atoms with Crippen LogP contribution in [-0.2, 0) is 22.4 Å². The number of halogens is 1. The van der Waals surface area contributed by atoms with Gasteiger partial charge in [-0.05, 0) is 54.7 Å². The van der Waals surface area contributed by atoms with E-state index in [1.54, 1.807) is 17.0 Å². The zero-order valence-electron chi connectivity index (χ0n) is 14.1. The predicted octanol–water partition coefficient (Wildman–Crippen LogP) is 4.04. The molecule has 0 aromatic heterocycles. The minimum atomic E-state index is -0.354. The molecule has 2 aromatic rings. The van der Waals surface area contributed by atoms with Gasteiger partial charge in [-0.1, -0.05) is 29.8 Å². The van der Waals surface area contributed by atoms with E-state index in [9.17, 15) is 9.59 Å². The Morgan fingerprint density at radius 3 is 2.64 bits per heavy atom. The lowest BCUT2D eigenvalue weighted by Crippen LogP contribution is -2.36. The average molecular weight is 358 g/mol. The van der Waals surface area contributed by atoms with Gasteiger partial charge in [0.1, 0.15) is 0 Å². The van der Waals surface area contributed by atoms with E-state index < -0.39 is 0 Å². The molecule has 0 unspecified atom stereocenters. The third kappa shape index (κ3) is 3.85. The minimum absolute atomic E-state index is 0.0675. The molecule has 0 saturated carbocycles. The summed E-state index contributed by atoms with van der Waals surface area (Å²) >= 11 is 5.89. The standard InChI is InChI=1S/C20H20ClNO3/c1-25-20(24)17-4-2-6-18-16(17)5-3-13-22(18)19(23)12-9-14-7-10-15(21)11-8-14/h2,4,6-8,10-11H,3,5,9,12-13H2,1H3. The van der Waals surface area contributed by atoms with Crippen LogP contribution in [0.25, 0.3) is 0 Å². The van der Waals surface area contributed by atoms with Crippen molar-refractivity contribution in [3.8, 4) is 0 Å². The molecule has 1 amide bonds. The van der Waals surface area contributed by atoms with Crippen LogP contribution in [0.4, 0.5) is 5.69 Å². The van der Waals surface area contributed by atoms with Gasteiger partial charge < -0.3 is 9.64 Å². The number of esters is 1. The molecule has 0 spiro atoms. The third-order valence-corrected chi connectivity index (χ3v) is 4.75. The second-order valence-corrected chi connectivity index (χ2v) is 6.51. The molecule has 1 aliphatic heterocycles. The van der Waals surface area contributed by atoms with E-state index in [0.29, 0.717) is 30.0 Å². The van der Waals surface area contributed by atoms with Crippen molar-refractivity contribution in [3.05, 3.63) is 64.2 Å². The van der Waals surface area contributed by atoms with Gasteiger partial charge in [-0.15, -0.1) is 0 Å². The maximum atomic E-state index is 12.7. The molecular weight excluding hydrogens is 338 g/mol. The molecule has 25 heavy (non-hydrogen) atoms. The molecule has 0 N–H and O–H groups in total. The van der Waals surface area contributed by atoms with Crippen LogP contribution in [0.1, 0.15) is 34.3 Å². The quantitative estimate of drug-likeness (QED) is 0.776. The zero-order chi connectivity index (χ0) is 17.8. The topological polar surface area (TPSA) is 46.6 Å². The number of benzene rings is 2. The maximum absolute atomic E-state index is 12.7. The highest BCUT2D eigenvalue weighted by atomic mass is 35.5. The Morgan fingerprint density at radius 2 is 1.92 bits per heavy atom. The summed E-state index contributed by atoms with van der Waals surface area (Å²) in [6.07, 6.45) is 2.71. The van der Waals surface area contributed by atoms with Gasteiger partial charge >= 0.3 is 5.97 Å². The van der Waals surface area contributed by atoms with Gasteiger partial charge in [-0.25, -0.2) is 4.79 Å². The van der Waals surface area contributed by atoms with E-state index in [1.165, 1.54) is 7.11 Å². The second-order valence-electron chi connectivity index (χ2n) is 6.07. The SMILES string of the molecule is COC(=O)c1cccc2c1CCCN2C(=O)CCc1ccc(Cl)cc1. The summed E-state index contributed by atoms with van der Waals surface area (Å²) in [5.74, 6) is -0.287. The molecule has 4 nitrogen and oxygen atoms in total. The van der Waals surface area contributed by atoms with Crippen molar-refractivity contribution < 1.29 is 14.3 Å². The van der Waals surface area contributed by atoms with Crippen molar-refractivity contribution in [2.75, 3.05) is 18.6 Å². The predicted molar refractivity (Wildman–Crippen MR) is 98.2 cm³/mol. The lowest BCUT2D eigenvalue weighted by Gasteiger charge is -2.30. The first-order chi connectivity index (χ1) is 12.1. The molecule has 130 valence electrons. The fourth-order valence-electron chi connectivity index (χ4n) is 3.22. The molecule has 5 heteroatoms. The minimum Gasteiger partial charge on any atom is -0.465 e. The molecule has 1 aliphatic rings. The highest BCUT2D eigenvalue weighted by molar-refractivity contribution is 6.30. The first-order valence-electron chi connectivity index (χ1n) is 8.35. The Kier molecular flexibility index (Phi) is 5.39. The van der Waals surface area contributed by atoms with E-state index in [1.807, 2.05) is 30.3 Å². The van der Waals surface area contributed by atoms with Crippen molar-refractivity contribution in [2.45, 2.75) is 25.7 Å². The zero-order valence-corrected chi connectivity index (χ0v) is 14.9. The van der Waals surface area contributed by atoms with Crippen LogP contribution in [0, 0.1) is 0 Å². The number of methoxy groups -OCH3 is 1. The number of anilines is 1. The van der Waals surface area contributed by atoms with Gasteiger partial charge in [-0.2, -0.15) is 0 Å². The van der Waals surface area contributed by atoms with Crippen LogP contribution < -0.4 is 4.90 Å². The molecular formula is C20H20ClNO3. The molecule has 3 rings (SSSR count).